The molecule has 3 rings (SSSR count). The molecule has 20 heavy (non-hydrogen) atoms. The van der Waals surface area contributed by atoms with Gasteiger partial charge in [0, 0.05) is 43.5 Å². The molecule has 4 heteroatoms. The first-order valence-electron chi connectivity index (χ1n) is 7.61. The highest BCUT2D eigenvalue weighted by Gasteiger charge is 2.34. The third kappa shape index (κ3) is 2.60. The number of nitrogens with two attached hydrogens (primary N) is 1. The molecule has 2 N–H and O–H groups in total. The first kappa shape index (κ1) is 13.3. The van der Waals surface area contributed by atoms with E-state index in [4.69, 9.17) is 5.73 Å². The van der Waals surface area contributed by atoms with Crippen molar-refractivity contribution in [3.8, 4) is 0 Å². The number of aryl methyl sites for hydroxylation is 1. The molecule has 1 aliphatic carbocycles. The summed E-state index contributed by atoms with van der Waals surface area (Å²) >= 11 is 0. The van der Waals surface area contributed by atoms with Gasteiger partial charge in [0.15, 0.2) is 0 Å². The zero-order valence-electron chi connectivity index (χ0n) is 12.1. The van der Waals surface area contributed by atoms with Crippen LogP contribution in [0.4, 0.5) is 11.4 Å². The van der Waals surface area contributed by atoms with Crippen LogP contribution in [0.3, 0.4) is 0 Å². The lowest BCUT2D eigenvalue weighted by Crippen LogP contribution is -2.49. The van der Waals surface area contributed by atoms with Gasteiger partial charge in [-0.1, -0.05) is 13.0 Å². The molecule has 108 valence electrons. The lowest BCUT2D eigenvalue weighted by atomic mass is 10.1. The quantitative estimate of drug-likeness (QED) is 0.856. The normalized spacial score (nSPS) is 19.2. The van der Waals surface area contributed by atoms with E-state index < -0.39 is 0 Å². The van der Waals surface area contributed by atoms with Crippen LogP contribution in [0.25, 0.3) is 0 Å². The highest BCUT2D eigenvalue weighted by Crippen LogP contribution is 2.31. The average Bonchev–Trinajstić information content (AvgIpc) is 3.31. The molecule has 0 aromatic heterocycles. The second-order valence-corrected chi connectivity index (χ2v) is 5.82. The maximum atomic E-state index is 12.0. The number of benzene rings is 1. The van der Waals surface area contributed by atoms with Crippen LogP contribution in [0.15, 0.2) is 18.2 Å². The van der Waals surface area contributed by atoms with Gasteiger partial charge in [0.05, 0.1) is 0 Å². The van der Waals surface area contributed by atoms with Crippen molar-refractivity contribution < 1.29 is 4.79 Å². The molecule has 0 unspecified atom stereocenters. The highest BCUT2D eigenvalue weighted by molar-refractivity contribution is 5.81. The van der Waals surface area contributed by atoms with Gasteiger partial charge in [0.25, 0.3) is 0 Å². The number of amides is 1. The zero-order valence-corrected chi connectivity index (χ0v) is 12.1. The third-order valence-corrected chi connectivity index (χ3v) is 4.39. The maximum Gasteiger partial charge on any atom is 0.225 e. The smallest absolute Gasteiger partial charge is 0.225 e. The maximum absolute atomic E-state index is 12.0. The SMILES string of the molecule is CCc1ccc(N2CCN(C(=O)C3CC3)CC2)cc1N. The predicted molar refractivity (Wildman–Crippen MR) is 81.7 cm³/mol. The molecule has 0 spiro atoms. The second kappa shape index (κ2) is 5.35. The topological polar surface area (TPSA) is 49.6 Å². The second-order valence-electron chi connectivity index (χ2n) is 5.82. The van der Waals surface area contributed by atoms with Crippen molar-refractivity contribution in [3.63, 3.8) is 0 Å². The molecule has 4 nitrogen and oxygen atoms in total. The highest BCUT2D eigenvalue weighted by atomic mass is 16.2. The standard InChI is InChI=1S/C16H23N3O/c1-2-12-5-6-14(11-15(12)17)18-7-9-19(10-8-18)16(20)13-3-4-13/h5-6,11,13H,2-4,7-10,17H2,1H3. The summed E-state index contributed by atoms with van der Waals surface area (Å²) in [5, 5.41) is 0. The average molecular weight is 273 g/mol. The van der Waals surface area contributed by atoms with Crippen LogP contribution in [0.5, 0.6) is 0 Å². The summed E-state index contributed by atoms with van der Waals surface area (Å²) in [6.45, 7) is 5.61. The lowest BCUT2D eigenvalue weighted by Gasteiger charge is -2.36. The van der Waals surface area contributed by atoms with Gasteiger partial charge in [-0.15, -0.1) is 0 Å². The molecule has 0 bridgehead atoms. The fourth-order valence-electron chi connectivity index (χ4n) is 2.87. The van der Waals surface area contributed by atoms with E-state index in [1.807, 2.05) is 4.90 Å². The Morgan fingerprint density at radius 3 is 2.50 bits per heavy atom. The Morgan fingerprint density at radius 1 is 1.25 bits per heavy atom. The molecule has 1 saturated heterocycles. The molecule has 2 aliphatic rings. The van der Waals surface area contributed by atoms with E-state index in [-0.39, 0.29) is 0 Å². The number of rotatable bonds is 3. The van der Waals surface area contributed by atoms with Crippen LogP contribution in [0, 0.1) is 5.92 Å². The van der Waals surface area contributed by atoms with E-state index in [2.05, 4.69) is 30.0 Å². The van der Waals surface area contributed by atoms with E-state index in [0.29, 0.717) is 11.8 Å². The van der Waals surface area contributed by atoms with Gasteiger partial charge in [-0.25, -0.2) is 0 Å². The van der Waals surface area contributed by atoms with Gasteiger partial charge in [0.1, 0.15) is 0 Å². The van der Waals surface area contributed by atoms with Crippen LogP contribution in [0.1, 0.15) is 25.3 Å². The van der Waals surface area contributed by atoms with Crippen LogP contribution < -0.4 is 10.6 Å². The number of carbonyl (C=O) groups excluding carboxylic acids is 1. The summed E-state index contributed by atoms with van der Waals surface area (Å²) in [5.41, 5.74) is 9.33. The number of anilines is 2. The van der Waals surface area contributed by atoms with Gasteiger partial charge in [-0.05, 0) is 37.0 Å². The van der Waals surface area contributed by atoms with Crippen molar-refractivity contribution in [1.82, 2.24) is 4.90 Å². The number of carbonyl (C=O) groups is 1. The molecule has 2 fully saturated rings. The van der Waals surface area contributed by atoms with Crippen molar-refractivity contribution in [1.29, 1.82) is 0 Å². The van der Waals surface area contributed by atoms with Crippen LogP contribution in [-0.2, 0) is 11.2 Å². The van der Waals surface area contributed by atoms with Gasteiger partial charge >= 0.3 is 0 Å². The van der Waals surface area contributed by atoms with Crippen LogP contribution in [0.2, 0.25) is 0 Å². The summed E-state index contributed by atoms with van der Waals surface area (Å²) in [6, 6.07) is 6.33. The van der Waals surface area contributed by atoms with Crippen molar-refractivity contribution >= 4 is 17.3 Å². The molecule has 0 radical (unpaired) electrons. The molecular weight excluding hydrogens is 250 g/mol. The minimum Gasteiger partial charge on any atom is -0.398 e. The largest absolute Gasteiger partial charge is 0.398 e. The summed E-state index contributed by atoms with van der Waals surface area (Å²) in [4.78, 5) is 16.4. The molecule has 1 aromatic rings. The molecule has 1 heterocycles. The van der Waals surface area contributed by atoms with Gasteiger partial charge in [-0.3, -0.25) is 4.79 Å². The van der Waals surface area contributed by atoms with Crippen LogP contribution >= 0.6 is 0 Å². The third-order valence-electron chi connectivity index (χ3n) is 4.39. The first-order chi connectivity index (χ1) is 9.69. The number of nitrogen functional groups attached to an aromatic ring is 1. The van der Waals surface area contributed by atoms with Crippen molar-refractivity contribution in [2.45, 2.75) is 26.2 Å². The molecule has 1 amide bonds. The predicted octanol–water partition coefficient (Wildman–Crippen LogP) is 1.89. The van der Waals surface area contributed by atoms with Crippen molar-refractivity contribution in [3.05, 3.63) is 23.8 Å². The molecule has 1 saturated carbocycles. The lowest BCUT2D eigenvalue weighted by molar-refractivity contribution is -0.132. The Labute approximate surface area is 120 Å². The Hall–Kier alpha value is -1.71. The van der Waals surface area contributed by atoms with Gasteiger partial charge < -0.3 is 15.5 Å². The fraction of sp³-hybridized carbons (Fsp3) is 0.562. The van der Waals surface area contributed by atoms with E-state index in [1.54, 1.807) is 0 Å². The number of hydrogen-bond acceptors (Lipinski definition) is 3. The summed E-state index contributed by atoms with van der Waals surface area (Å²) < 4.78 is 0. The van der Waals surface area contributed by atoms with E-state index in [1.165, 1.54) is 11.3 Å². The number of hydrogen-bond donors (Lipinski definition) is 1. The summed E-state index contributed by atoms with van der Waals surface area (Å²) in [7, 11) is 0. The molecule has 1 aliphatic heterocycles. The number of nitrogens with zero attached hydrogens (tertiary/aromatic N) is 2. The summed E-state index contributed by atoms with van der Waals surface area (Å²) in [5.74, 6) is 0.700. The van der Waals surface area contributed by atoms with Gasteiger partial charge in [-0.2, -0.15) is 0 Å². The Bertz CT molecular complexity index is 502. The first-order valence-corrected chi connectivity index (χ1v) is 7.61. The molecular formula is C16H23N3O. The van der Waals surface area contributed by atoms with E-state index in [0.717, 1.165) is 51.1 Å². The zero-order chi connectivity index (χ0) is 14.1. The summed E-state index contributed by atoms with van der Waals surface area (Å²) in [6.07, 6.45) is 3.15. The molecule has 0 atom stereocenters. The van der Waals surface area contributed by atoms with E-state index >= 15 is 0 Å². The Morgan fingerprint density at radius 2 is 1.95 bits per heavy atom. The Balaban J connectivity index is 1.62. The van der Waals surface area contributed by atoms with Crippen molar-refractivity contribution in [2.75, 3.05) is 36.8 Å². The minimum atomic E-state index is 0.334. The van der Waals surface area contributed by atoms with Gasteiger partial charge in [0.2, 0.25) is 5.91 Å². The number of piperazine rings is 1. The van der Waals surface area contributed by atoms with E-state index in [9.17, 15) is 4.79 Å². The monoisotopic (exact) mass is 273 g/mol. The molecule has 1 aromatic carbocycles. The Kier molecular flexibility index (Phi) is 3.55. The minimum absolute atomic E-state index is 0.334. The fourth-order valence-corrected chi connectivity index (χ4v) is 2.87. The van der Waals surface area contributed by atoms with Crippen LogP contribution in [-0.4, -0.2) is 37.0 Å². The van der Waals surface area contributed by atoms with Crippen molar-refractivity contribution in [2.24, 2.45) is 5.92 Å².